The first kappa shape index (κ1) is 30.0. The number of aromatic nitrogens is 1. The highest BCUT2D eigenvalue weighted by atomic mass is 35.5. The maximum absolute atomic E-state index is 9.97. The second-order valence-corrected chi connectivity index (χ2v) is 9.79. The van der Waals surface area contributed by atoms with Crippen LogP contribution < -0.4 is 5.73 Å². The standard InChI is InChI=1S/C12H24N2.C6H5Cl.C6H5NO.C5H10/c1-4-10(2)9-14(3)12-7-5-11(13)6-8-12;7-6-4-2-1-3-5-6;8-5-6-2-1-3-7-4-6;1-5-3-2-4-5/h4,11-12H,5-9,13H2,1-3H3;1-5H;1-5H;5H,2-4H2,1H3/b10-4+;;;. The van der Waals surface area contributed by atoms with Gasteiger partial charge in [-0.3, -0.25) is 14.7 Å². The zero-order valence-electron chi connectivity index (χ0n) is 21.5. The fourth-order valence-corrected chi connectivity index (χ4v) is 3.77. The first-order valence-electron chi connectivity index (χ1n) is 12.5. The van der Waals surface area contributed by atoms with Gasteiger partial charge in [-0.05, 0) is 76.8 Å². The van der Waals surface area contributed by atoms with Gasteiger partial charge in [-0.15, -0.1) is 0 Å². The largest absolute Gasteiger partial charge is 0.328 e. The average Bonchev–Trinajstić information content (AvgIpc) is 2.85. The number of pyridine rings is 1. The van der Waals surface area contributed by atoms with E-state index in [9.17, 15) is 4.79 Å². The van der Waals surface area contributed by atoms with E-state index in [2.05, 4.69) is 43.8 Å². The van der Waals surface area contributed by atoms with Crippen LogP contribution in [0.5, 0.6) is 0 Å². The Labute approximate surface area is 212 Å². The molecule has 0 amide bonds. The molecule has 0 aliphatic heterocycles. The molecule has 2 N–H and O–H groups in total. The summed E-state index contributed by atoms with van der Waals surface area (Å²) in [6.45, 7) is 7.73. The highest BCUT2D eigenvalue weighted by Gasteiger charge is 2.21. The Morgan fingerprint density at radius 1 is 1.09 bits per heavy atom. The lowest BCUT2D eigenvalue weighted by atomic mass is 9.88. The molecule has 4 nitrogen and oxygen atoms in total. The van der Waals surface area contributed by atoms with E-state index in [4.69, 9.17) is 17.3 Å². The molecule has 2 saturated carbocycles. The number of halogens is 1. The second-order valence-electron chi connectivity index (χ2n) is 9.35. The molecule has 188 valence electrons. The van der Waals surface area contributed by atoms with Crippen molar-refractivity contribution in [2.24, 2.45) is 11.7 Å². The van der Waals surface area contributed by atoms with E-state index in [0.29, 0.717) is 11.6 Å². The van der Waals surface area contributed by atoms with E-state index in [-0.39, 0.29) is 0 Å². The van der Waals surface area contributed by atoms with Crippen LogP contribution >= 0.6 is 11.6 Å². The van der Waals surface area contributed by atoms with E-state index in [0.717, 1.165) is 29.8 Å². The number of likely N-dealkylation sites (N-methyl/N-ethyl adjacent to an activating group) is 1. The van der Waals surface area contributed by atoms with Gasteiger partial charge in [0.25, 0.3) is 0 Å². The molecule has 1 aromatic carbocycles. The summed E-state index contributed by atoms with van der Waals surface area (Å²) in [6, 6.07) is 14.1. The molecule has 0 atom stereocenters. The van der Waals surface area contributed by atoms with Gasteiger partial charge < -0.3 is 5.73 Å². The molecule has 1 aromatic heterocycles. The van der Waals surface area contributed by atoms with Crippen molar-refractivity contribution in [1.29, 1.82) is 0 Å². The van der Waals surface area contributed by atoms with Crippen molar-refractivity contribution in [3.05, 3.63) is 77.1 Å². The Hall–Kier alpha value is -2.01. The summed E-state index contributed by atoms with van der Waals surface area (Å²) in [5.41, 5.74) is 7.97. The van der Waals surface area contributed by atoms with E-state index < -0.39 is 0 Å². The fraction of sp³-hybridized carbons (Fsp3) is 0.517. The summed E-state index contributed by atoms with van der Waals surface area (Å²) in [5, 5.41) is 0.794. The van der Waals surface area contributed by atoms with Crippen LogP contribution in [0.4, 0.5) is 0 Å². The van der Waals surface area contributed by atoms with Crippen LogP contribution in [0.1, 0.15) is 76.1 Å². The molecule has 2 aliphatic carbocycles. The van der Waals surface area contributed by atoms with Crippen molar-refractivity contribution in [1.82, 2.24) is 9.88 Å². The van der Waals surface area contributed by atoms with Crippen LogP contribution in [0.2, 0.25) is 5.02 Å². The lowest BCUT2D eigenvalue weighted by molar-refractivity contribution is 0.112. The molecular formula is C29H44ClN3O. The summed E-state index contributed by atoms with van der Waals surface area (Å²) in [4.78, 5) is 16.2. The Morgan fingerprint density at radius 2 is 1.71 bits per heavy atom. The van der Waals surface area contributed by atoms with Gasteiger partial charge in [0, 0.05) is 41.6 Å². The number of allylic oxidation sites excluding steroid dienone is 1. The van der Waals surface area contributed by atoms with E-state index >= 15 is 0 Å². The SMILES string of the molecule is C/C=C(\C)CN(C)C1CCC(N)CC1.CC1CCC1.Clc1ccccc1.O=Cc1cccnc1. The van der Waals surface area contributed by atoms with Crippen LogP contribution in [0.15, 0.2) is 66.5 Å². The van der Waals surface area contributed by atoms with Crippen molar-refractivity contribution in [3.8, 4) is 0 Å². The average molecular weight is 486 g/mol. The smallest absolute Gasteiger partial charge is 0.151 e. The molecule has 0 spiro atoms. The monoisotopic (exact) mass is 485 g/mol. The third kappa shape index (κ3) is 14.3. The van der Waals surface area contributed by atoms with Gasteiger partial charge in [0.15, 0.2) is 6.29 Å². The van der Waals surface area contributed by atoms with E-state index in [1.165, 1.54) is 56.7 Å². The molecule has 0 unspecified atom stereocenters. The van der Waals surface area contributed by atoms with Crippen molar-refractivity contribution in [2.75, 3.05) is 13.6 Å². The quantitative estimate of drug-likeness (QED) is 0.367. The normalized spacial score (nSPS) is 19.8. The minimum atomic E-state index is 0.461. The molecule has 5 heteroatoms. The molecule has 4 rings (SSSR count). The third-order valence-corrected chi connectivity index (χ3v) is 6.56. The second kappa shape index (κ2) is 18.3. The minimum Gasteiger partial charge on any atom is -0.328 e. The summed E-state index contributed by atoms with van der Waals surface area (Å²) in [5.74, 6) is 1.06. The highest BCUT2D eigenvalue weighted by molar-refractivity contribution is 6.30. The van der Waals surface area contributed by atoms with Crippen LogP contribution in [-0.2, 0) is 0 Å². The molecule has 2 aromatic rings. The predicted octanol–water partition coefficient (Wildman–Crippen LogP) is 7.19. The molecule has 2 aliphatic rings. The molecule has 34 heavy (non-hydrogen) atoms. The van der Waals surface area contributed by atoms with E-state index in [1.807, 2.05) is 30.3 Å². The Balaban J connectivity index is 0.000000245. The predicted molar refractivity (Wildman–Crippen MR) is 146 cm³/mol. The number of nitrogens with zero attached hydrogens (tertiary/aromatic N) is 2. The number of benzene rings is 1. The Morgan fingerprint density at radius 3 is 2.06 bits per heavy atom. The lowest BCUT2D eigenvalue weighted by Gasteiger charge is -2.33. The maximum Gasteiger partial charge on any atom is 0.151 e. The minimum absolute atomic E-state index is 0.461. The summed E-state index contributed by atoms with van der Waals surface area (Å²) >= 11 is 5.54. The molecule has 0 bridgehead atoms. The van der Waals surface area contributed by atoms with Crippen LogP contribution in [-0.4, -0.2) is 41.8 Å². The molecule has 0 saturated heterocycles. The van der Waals surface area contributed by atoms with Gasteiger partial charge in [-0.2, -0.15) is 0 Å². The number of carbonyl (C=O) groups excluding carboxylic acids is 1. The number of hydrogen-bond donors (Lipinski definition) is 1. The van der Waals surface area contributed by atoms with Crippen LogP contribution in [0.3, 0.4) is 0 Å². The molecule has 1 heterocycles. The number of aldehydes is 1. The Kier molecular flexibility index (Phi) is 16.2. The van der Waals surface area contributed by atoms with Gasteiger partial charge in [0.05, 0.1) is 0 Å². The fourth-order valence-electron chi connectivity index (χ4n) is 3.63. The summed E-state index contributed by atoms with van der Waals surface area (Å²) in [6.07, 6.45) is 15.5. The lowest BCUT2D eigenvalue weighted by Crippen LogP contribution is -2.39. The maximum atomic E-state index is 9.97. The Bertz CT molecular complexity index is 786. The zero-order chi connectivity index (χ0) is 25.2. The van der Waals surface area contributed by atoms with Gasteiger partial charge in [0.1, 0.15) is 0 Å². The molecule has 0 radical (unpaired) electrons. The number of rotatable bonds is 4. The number of hydrogen-bond acceptors (Lipinski definition) is 4. The molecular weight excluding hydrogens is 442 g/mol. The number of carbonyl (C=O) groups is 1. The zero-order valence-corrected chi connectivity index (χ0v) is 22.3. The van der Waals surface area contributed by atoms with Gasteiger partial charge in [-0.25, -0.2) is 0 Å². The first-order valence-corrected chi connectivity index (χ1v) is 12.9. The first-order chi connectivity index (χ1) is 16.3. The van der Waals surface area contributed by atoms with Crippen molar-refractivity contribution in [3.63, 3.8) is 0 Å². The van der Waals surface area contributed by atoms with Gasteiger partial charge in [0.2, 0.25) is 0 Å². The third-order valence-electron chi connectivity index (χ3n) is 6.30. The van der Waals surface area contributed by atoms with Gasteiger partial charge >= 0.3 is 0 Å². The van der Waals surface area contributed by atoms with Crippen molar-refractivity contribution >= 4 is 17.9 Å². The summed E-state index contributed by atoms with van der Waals surface area (Å²) in [7, 11) is 2.23. The van der Waals surface area contributed by atoms with Crippen molar-refractivity contribution < 1.29 is 4.79 Å². The summed E-state index contributed by atoms with van der Waals surface area (Å²) < 4.78 is 0. The van der Waals surface area contributed by atoms with Crippen LogP contribution in [0, 0.1) is 5.92 Å². The number of nitrogens with two attached hydrogens (primary N) is 1. The van der Waals surface area contributed by atoms with Crippen LogP contribution in [0.25, 0.3) is 0 Å². The molecule has 2 fully saturated rings. The van der Waals surface area contributed by atoms with E-state index in [1.54, 1.807) is 18.3 Å². The van der Waals surface area contributed by atoms with Crippen molar-refractivity contribution in [2.45, 2.75) is 77.8 Å². The van der Waals surface area contributed by atoms with Gasteiger partial charge in [-0.1, -0.05) is 67.6 Å². The topological polar surface area (TPSA) is 59.2 Å². The highest BCUT2D eigenvalue weighted by Crippen LogP contribution is 2.24.